The van der Waals surface area contributed by atoms with Crippen molar-refractivity contribution in [2.75, 3.05) is 25.1 Å². The molecule has 0 aliphatic heterocycles. The van der Waals surface area contributed by atoms with Crippen molar-refractivity contribution in [1.29, 1.82) is 0 Å². The number of aromatic nitrogens is 1. The van der Waals surface area contributed by atoms with E-state index in [1.807, 2.05) is 36.2 Å². The van der Waals surface area contributed by atoms with Crippen LogP contribution in [0.1, 0.15) is 11.1 Å². The van der Waals surface area contributed by atoms with Gasteiger partial charge < -0.3 is 18.8 Å². The molecule has 0 bridgehead atoms. The Kier molecular flexibility index (Phi) is 8.90. The number of nitrogens with zero attached hydrogens (tertiary/aromatic N) is 2. The molecule has 0 aliphatic rings. The van der Waals surface area contributed by atoms with Crippen molar-refractivity contribution >= 4 is 45.0 Å². The quantitative estimate of drug-likeness (QED) is 0.159. The fourth-order valence-corrected chi connectivity index (χ4v) is 4.27. The number of para-hydroxylation sites is 2. The maximum absolute atomic E-state index is 12.7. The van der Waals surface area contributed by atoms with Crippen molar-refractivity contribution in [3.05, 3.63) is 88.4 Å². The monoisotopic (exact) mass is 604 g/mol. The number of likely N-dealkylation sites (N-methyl/N-ethyl adjacent to an activating group) is 1. The van der Waals surface area contributed by atoms with Crippen LogP contribution in [0.25, 0.3) is 11.1 Å². The zero-order valence-electron chi connectivity index (χ0n) is 20.8. The zero-order valence-corrected chi connectivity index (χ0v) is 22.4. The summed E-state index contributed by atoms with van der Waals surface area (Å²) in [7, 11) is 1.84. The molecule has 0 spiro atoms. The number of ether oxygens (including phenoxy) is 2. The lowest BCUT2D eigenvalue weighted by Gasteiger charge is -2.17. The molecule has 3 aromatic carbocycles. The van der Waals surface area contributed by atoms with E-state index < -0.39 is 24.0 Å². The molecule has 7 nitrogen and oxygen atoms in total. The van der Waals surface area contributed by atoms with Gasteiger partial charge >= 0.3 is 18.1 Å². The van der Waals surface area contributed by atoms with E-state index in [1.165, 1.54) is 0 Å². The van der Waals surface area contributed by atoms with Crippen LogP contribution in [-0.2, 0) is 27.2 Å². The highest BCUT2D eigenvalue weighted by Gasteiger charge is 2.43. The van der Waals surface area contributed by atoms with E-state index in [2.05, 4.69) is 25.7 Å². The van der Waals surface area contributed by atoms with Gasteiger partial charge in [-0.15, -0.1) is 0 Å². The number of hydrogen-bond acceptors (Lipinski definition) is 7. The number of carbonyl (C=O) groups excluding carboxylic acids is 2. The summed E-state index contributed by atoms with van der Waals surface area (Å²) < 4.78 is 54.4. The van der Waals surface area contributed by atoms with Crippen LogP contribution in [0.4, 0.5) is 19.2 Å². The SMILES string of the molecule is CN(CCOc1ccc(CC(Cc2ccccc2Br)C(=O)OC(=O)C(F)(F)F)cc1)c1nc2ccccc2o1. The van der Waals surface area contributed by atoms with Gasteiger partial charge in [0.15, 0.2) is 5.58 Å². The Morgan fingerprint density at radius 2 is 1.69 bits per heavy atom. The number of rotatable bonds is 10. The van der Waals surface area contributed by atoms with Crippen molar-refractivity contribution < 1.29 is 36.7 Å². The summed E-state index contributed by atoms with van der Waals surface area (Å²) in [6.45, 7) is 0.840. The number of hydrogen-bond donors (Lipinski definition) is 0. The molecule has 0 radical (unpaired) electrons. The molecule has 11 heteroatoms. The number of oxazole rings is 1. The Morgan fingerprint density at radius 1 is 1.00 bits per heavy atom. The van der Waals surface area contributed by atoms with Gasteiger partial charge in [0, 0.05) is 11.5 Å². The first kappa shape index (κ1) is 28.2. The van der Waals surface area contributed by atoms with Crippen molar-refractivity contribution in [2.24, 2.45) is 5.92 Å². The summed E-state index contributed by atoms with van der Waals surface area (Å²) in [5.74, 6) is -4.22. The largest absolute Gasteiger partial charge is 0.492 e. The summed E-state index contributed by atoms with van der Waals surface area (Å²) in [4.78, 5) is 30.1. The van der Waals surface area contributed by atoms with Crippen LogP contribution < -0.4 is 9.64 Å². The van der Waals surface area contributed by atoms with Crippen molar-refractivity contribution in [2.45, 2.75) is 19.0 Å². The highest BCUT2D eigenvalue weighted by atomic mass is 79.9. The van der Waals surface area contributed by atoms with Crippen LogP contribution in [0.2, 0.25) is 0 Å². The molecular formula is C28H24BrF3N2O5. The Labute approximate surface area is 230 Å². The Morgan fingerprint density at radius 3 is 2.38 bits per heavy atom. The van der Waals surface area contributed by atoms with Crippen LogP contribution >= 0.6 is 15.9 Å². The van der Waals surface area contributed by atoms with E-state index in [4.69, 9.17) is 9.15 Å². The third kappa shape index (κ3) is 7.60. The molecule has 1 unspecified atom stereocenters. The average Bonchev–Trinajstić information content (AvgIpc) is 3.34. The standard InChI is InChI=1S/C28H24BrF3N2O5/c1-34(27-33-23-8-4-5-9-24(23)38-27)14-15-37-21-12-10-18(11-13-21)16-20(17-19-6-2-3-7-22(19)29)25(35)39-26(36)28(30,31)32/h2-13,20H,14-17H2,1H3. The van der Waals surface area contributed by atoms with E-state index >= 15 is 0 Å². The van der Waals surface area contributed by atoms with Gasteiger partial charge in [-0.1, -0.05) is 58.4 Å². The molecular weight excluding hydrogens is 581 g/mol. The molecule has 0 saturated heterocycles. The molecule has 4 aromatic rings. The number of anilines is 1. The third-order valence-electron chi connectivity index (χ3n) is 5.89. The van der Waals surface area contributed by atoms with Gasteiger partial charge in [0.1, 0.15) is 17.9 Å². The number of benzene rings is 3. The number of fused-ring (bicyclic) bond motifs is 1. The molecule has 0 N–H and O–H groups in total. The normalized spacial score (nSPS) is 12.2. The van der Waals surface area contributed by atoms with Gasteiger partial charge in [-0.25, -0.2) is 4.79 Å². The molecule has 0 aliphatic carbocycles. The van der Waals surface area contributed by atoms with Gasteiger partial charge in [-0.3, -0.25) is 4.79 Å². The molecule has 1 heterocycles. The lowest BCUT2D eigenvalue weighted by molar-refractivity contribution is -0.203. The van der Waals surface area contributed by atoms with Crippen molar-refractivity contribution in [1.82, 2.24) is 4.98 Å². The van der Waals surface area contributed by atoms with Gasteiger partial charge in [0.2, 0.25) is 0 Å². The minimum Gasteiger partial charge on any atom is -0.492 e. The Balaban J connectivity index is 1.36. The predicted molar refractivity (Wildman–Crippen MR) is 141 cm³/mol. The molecule has 0 saturated carbocycles. The zero-order chi connectivity index (χ0) is 28.0. The van der Waals surface area contributed by atoms with Crippen LogP contribution in [-0.4, -0.2) is 43.3 Å². The predicted octanol–water partition coefficient (Wildman–Crippen LogP) is 6.14. The summed E-state index contributed by atoms with van der Waals surface area (Å²) in [5.41, 5.74) is 2.82. The molecule has 1 atom stereocenters. The number of halogens is 4. The lowest BCUT2D eigenvalue weighted by Crippen LogP contribution is -2.32. The van der Waals surface area contributed by atoms with Crippen LogP contribution in [0.3, 0.4) is 0 Å². The fraction of sp³-hybridized carbons (Fsp3) is 0.250. The topological polar surface area (TPSA) is 81.9 Å². The van der Waals surface area contributed by atoms with E-state index in [-0.39, 0.29) is 12.8 Å². The maximum atomic E-state index is 12.7. The van der Waals surface area contributed by atoms with Crippen LogP contribution in [0.5, 0.6) is 5.75 Å². The highest BCUT2D eigenvalue weighted by Crippen LogP contribution is 2.25. The van der Waals surface area contributed by atoms with Gasteiger partial charge in [-0.2, -0.15) is 18.2 Å². The fourth-order valence-electron chi connectivity index (χ4n) is 3.83. The summed E-state index contributed by atoms with van der Waals surface area (Å²) in [6, 6.07) is 21.8. The van der Waals surface area contributed by atoms with Crippen molar-refractivity contribution in [3.8, 4) is 5.75 Å². The number of esters is 2. The maximum Gasteiger partial charge on any atom is 0.491 e. The molecule has 1 aromatic heterocycles. The molecule has 39 heavy (non-hydrogen) atoms. The first-order valence-corrected chi connectivity index (χ1v) is 12.7. The van der Waals surface area contributed by atoms with Crippen LogP contribution in [0.15, 0.2) is 81.7 Å². The summed E-state index contributed by atoms with van der Waals surface area (Å²) in [5, 5.41) is 0. The van der Waals surface area contributed by atoms with Crippen LogP contribution in [0, 0.1) is 5.92 Å². The molecule has 4 rings (SSSR count). The van der Waals surface area contributed by atoms with Gasteiger partial charge in [-0.05, 0) is 54.3 Å². The second-order valence-electron chi connectivity index (χ2n) is 8.78. The first-order chi connectivity index (χ1) is 18.6. The first-order valence-electron chi connectivity index (χ1n) is 11.9. The molecule has 204 valence electrons. The molecule has 0 amide bonds. The Hall–Kier alpha value is -3.86. The Bertz CT molecular complexity index is 1410. The van der Waals surface area contributed by atoms with E-state index in [0.29, 0.717) is 46.1 Å². The summed E-state index contributed by atoms with van der Waals surface area (Å²) >= 11 is 3.38. The lowest BCUT2D eigenvalue weighted by atomic mass is 9.92. The van der Waals surface area contributed by atoms with Gasteiger partial charge in [0.05, 0.1) is 12.5 Å². The number of alkyl halides is 3. The molecule has 0 fully saturated rings. The summed E-state index contributed by atoms with van der Waals surface area (Å²) in [6.07, 6.45) is -5.13. The van der Waals surface area contributed by atoms with E-state index in [9.17, 15) is 22.8 Å². The minimum atomic E-state index is -5.26. The van der Waals surface area contributed by atoms with E-state index in [1.54, 1.807) is 48.5 Å². The third-order valence-corrected chi connectivity index (χ3v) is 6.67. The second kappa shape index (κ2) is 12.3. The second-order valence-corrected chi connectivity index (χ2v) is 9.64. The van der Waals surface area contributed by atoms with Gasteiger partial charge in [0.25, 0.3) is 6.01 Å². The minimum absolute atomic E-state index is 0.0616. The highest BCUT2D eigenvalue weighted by molar-refractivity contribution is 9.10. The van der Waals surface area contributed by atoms with E-state index in [0.717, 1.165) is 5.52 Å². The number of carbonyl (C=O) groups is 2. The van der Waals surface area contributed by atoms with Crippen molar-refractivity contribution in [3.63, 3.8) is 0 Å². The average molecular weight is 605 g/mol. The smallest absolute Gasteiger partial charge is 0.491 e.